The van der Waals surface area contributed by atoms with Gasteiger partial charge in [0, 0.05) is 26.1 Å². The largest absolute Gasteiger partial charge is 0.446 e. The number of carbonyl (C=O) groups is 1. The van der Waals surface area contributed by atoms with Crippen LogP contribution in [-0.4, -0.2) is 47.0 Å². The maximum atomic E-state index is 12.7. The van der Waals surface area contributed by atoms with E-state index in [0.29, 0.717) is 25.9 Å². The summed E-state index contributed by atoms with van der Waals surface area (Å²) in [5, 5.41) is 21.5. The molecule has 0 aliphatic carbocycles. The number of nitrogens with zero attached hydrogens (tertiary/aromatic N) is 1. The second-order valence-corrected chi connectivity index (χ2v) is 9.28. The van der Waals surface area contributed by atoms with E-state index in [1.807, 2.05) is 91.0 Å². The Balaban J connectivity index is 1.46. The first kappa shape index (κ1) is 25.1. The average Bonchev–Trinajstić information content (AvgIpc) is 2.92. The number of aliphatic hydroxyl groups is 2. The lowest BCUT2D eigenvalue weighted by atomic mass is 9.72. The minimum Gasteiger partial charge on any atom is -0.446 e. The van der Waals surface area contributed by atoms with E-state index in [9.17, 15) is 15.0 Å². The summed E-state index contributed by atoms with van der Waals surface area (Å²) in [6.45, 7) is 1.48. The van der Waals surface area contributed by atoms with Gasteiger partial charge < -0.3 is 14.9 Å². The zero-order valence-electron chi connectivity index (χ0n) is 20.1. The monoisotopic (exact) mass is 473 g/mol. The molecule has 0 aromatic heterocycles. The first-order valence-corrected chi connectivity index (χ1v) is 12.5. The molecule has 0 amide bonds. The predicted octanol–water partition coefficient (Wildman–Crippen LogP) is 4.52. The van der Waals surface area contributed by atoms with Gasteiger partial charge in [-0.05, 0) is 41.9 Å². The minimum atomic E-state index is -1.08. The van der Waals surface area contributed by atoms with Gasteiger partial charge in [-0.15, -0.1) is 0 Å². The molecule has 35 heavy (non-hydrogen) atoms. The van der Waals surface area contributed by atoms with Crippen molar-refractivity contribution in [2.45, 2.75) is 43.9 Å². The molecule has 1 fully saturated rings. The topological polar surface area (TPSA) is 70.0 Å². The van der Waals surface area contributed by atoms with Crippen LogP contribution in [0.2, 0.25) is 0 Å². The van der Waals surface area contributed by atoms with Crippen LogP contribution in [0.3, 0.4) is 0 Å². The van der Waals surface area contributed by atoms with E-state index in [1.165, 1.54) is 0 Å². The van der Waals surface area contributed by atoms with E-state index in [1.54, 1.807) is 0 Å². The molecule has 0 radical (unpaired) electrons. The molecular formula is C30H35NO4. The van der Waals surface area contributed by atoms with Crippen molar-refractivity contribution in [1.82, 2.24) is 4.90 Å². The van der Waals surface area contributed by atoms with Crippen LogP contribution in [0.15, 0.2) is 91.0 Å². The van der Waals surface area contributed by atoms with Crippen molar-refractivity contribution < 1.29 is 19.7 Å². The maximum absolute atomic E-state index is 12.7. The number of likely N-dealkylation sites (tertiary alicyclic amines) is 1. The predicted molar refractivity (Wildman–Crippen MR) is 137 cm³/mol. The van der Waals surface area contributed by atoms with Crippen LogP contribution in [0.5, 0.6) is 0 Å². The van der Waals surface area contributed by atoms with Crippen molar-refractivity contribution in [3.8, 4) is 0 Å². The maximum Gasteiger partial charge on any atom is 0.311 e. The highest BCUT2D eigenvalue weighted by atomic mass is 16.6. The Kier molecular flexibility index (Phi) is 8.69. The van der Waals surface area contributed by atoms with E-state index in [4.69, 9.17) is 4.74 Å². The molecule has 1 saturated heterocycles. The first-order valence-electron chi connectivity index (χ1n) is 12.5. The molecule has 1 aliphatic rings. The second kappa shape index (κ2) is 12.1. The van der Waals surface area contributed by atoms with E-state index < -0.39 is 5.60 Å². The molecule has 184 valence electrons. The van der Waals surface area contributed by atoms with Crippen LogP contribution in [0.25, 0.3) is 0 Å². The van der Waals surface area contributed by atoms with E-state index in [2.05, 4.69) is 4.90 Å². The summed E-state index contributed by atoms with van der Waals surface area (Å²) in [6, 6.07) is 29.4. The molecule has 1 heterocycles. The van der Waals surface area contributed by atoms with Crippen LogP contribution in [0.1, 0.15) is 42.4 Å². The number of rotatable bonds is 10. The number of hydrogen-bond donors (Lipinski definition) is 2. The summed E-state index contributed by atoms with van der Waals surface area (Å²) in [4.78, 5) is 14.9. The summed E-state index contributed by atoms with van der Waals surface area (Å²) in [5.41, 5.74) is 1.64. The molecule has 3 aromatic rings. The Hall–Kier alpha value is -2.99. The molecule has 5 nitrogen and oxygen atoms in total. The molecule has 5 heteroatoms. The Bertz CT molecular complexity index is 994. The third-order valence-corrected chi connectivity index (χ3v) is 7.02. The van der Waals surface area contributed by atoms with Gasteiger partial charge in [0.05, 0.1) is 6.42 Å². The van der Waals surface area contributed by atoms with Crippen LogP contribution < -0.4 is 0 Å². The summed E-state index contributed by atoms with van der Waals surface area (Å²) >= 11 is 0. The Morgan fingerprint density at radius 1 is 0.886 bits per heavy atom. The smallest absolute Gasteiger partial charge is 0.311 e. The lowest BCUT2D eigenvalue weighted by Crippen LogP contribution is -2.48. The number of hydrogen-bond acceptors (Lipinski definition) is 5. The highest BCUT2D eigenvalue weighted by Crippen LogP contribution is 2.42. The fourth-order valence-corrected chi connectivity index (χ4v) is 5.17. The molecule has 4 rings (SSSR count). The highest BCUT2D eigenvalue weighted by molar-refractivity contribution is 5.72. The Morgan fingerprint density at radius 3 is 1.91 bits per heavy atom. The van der Waals surface area contributed by atoms with Crippen molar-refractivity contribution in [3.63, 3.8) is 0 Å². The van der Waals surface area contributed by atoms with Gasteiger partial charge in [-0.25, -0.2) is 0 Å². The minimum absolute atomic E-state index is 0.0297. The number of ether oxygens (including phenoxy) is 1. The third-order valence-electron chi connectivity index (χ3n) is 7.02. The van der Waals surface area contributed by atoms with Gasteiger partial charge in [0.2, 0.25) is 0 Å². The number of benzene rings is 3. The van der Waals surface area contributed by atoms with Crippen LogP contribution in [-0.2, 0) is 21.6 Å². The summed E-state index contributed by atoms with van der Waals surface area (Å²) in [5.74, 6) is -0.228. The van der Waals surface area contributed by atoms with Crippen molar-refractivity contribution in [1.29, 1.82) is 0 Å². The normalized spacial score (nSPS) is 16.1. The lowest BCUT2D eigenvalue weighted by Gasteiger charge is -2.44. The van der Waals surface area contributed by atoms with Gasteiger partial charge in [-0.3, -0.25) is 9.69 Å². The molecule has 1 aliphatic heterocycles. The van der Waals surface area contributed by atoms with Crippen molar-refractivity contribution in [2.24, 2.45) is 5.92 Å². The SMILES string of the molecule is O=C(Cc1ccccc1)OC(CCCO)N1CCC(C(O)(c2ccccc2)c2ccccc2)CC1. The van der Waals surface area contributed by atoms with Crippen molar-refractivity contribution >= 4 is 5.97 Å². The molecule has 0 bridgehead atoms. The quantitative estimate of drug-likeness (QED) is 0.424. The molecule has 1 atom stereocenters. The summed E-state index contributed by atoms with van der Waals surface area (Å²) in [6.07, 6.45) is 2.55. The average molecular weight is 474 g/mol. The summed E-state index contributed by atoms with van der Waals surface area (Å²) in [7, 11) is 0. The second-order valence-electron chi connectivity index (χ2n) is 9.28. The standard InChI is InChI=1S/C30H35NO4/c32-22-10-17-28(35-29(33)23-24-11-4-1-5-12-24)31-20-18-27(19-21-31)30(34,25-13-6-2-7-14-25)26-15-8-3-9-16-26/h1-9,11-16,27-28,32,34H,10,17-23H2. The van der Waals surface area contributed by atoms with Gasteiger partial charge in [-0.1, -0.05) is 91.0 Å². The van der Waals surface area contributed by atoms with Gasteiger partial charge in [0.1, 0.15) is 5.60 Å². The van der Waals surface area contributed by atoms with Gasteiger partial charge in [-0.2, -0.15) is 0 Å². The zero-order chi connectivity index (χ0) is 24.5. The van der Waals surface area contributed by atoms with Crippen molar-refractivity contribution in [3.05, 3.63) is 108 Å². The molecule has 2 N–H and O–H groups in total. The summed E-state index contributed by atoms with van der Waals surface area (Å²) < 4.78 is 5.90. The fraction of sp³-hybridized carbons (Fsp3) is 0.367. The number of aliphatic hydroxyl groups excluding tert-OH is 1. The van der Waals surface area contributed by atoms with E-state index in [-0.39, 0.29) is 31.1 Å². The zero-order valence-corrected chi connectivity index (χ0v) is 20.1. The van der Waals surface area contributed by atoms with E-state index in [0.717, 1.165) is 29.5 Å². The fourth-order valence-electron chi connectivity index (χ4n) is 5.17. The Labute approximate surface area is 208 Å². The van der Waals surface area contributed by atoms with Crippen LogP contribution in [0, 0.1) is 5.92 Å². The van der Waals surface area contributed by atoms with Gasteiger partial charge >= 0.3 is 5.97 Å². The Morgan fingerprint density at radius 2 is 1.40 bits per heavy atom. The van der Waals surface area contributed by atoms with Crippen LogP contribution >= 0.6 is 0 Å². The van der Waals surface area contributed by atoms with E-state index >= 15 is 0 Å². The lowest BCUT2D eigenvalue weighted by molar-refractivity contribution is -0.162. The number of carbonyl (C=O) groups excluding carboxylic acids is 1. The molecule has 3 aromatic carbocycles. The highest BCUT2D eigenvalue weighted by Gasteiger charge is 2.42. The first-order chi connectivity index (χ1) is 17.1. The number of piperidine rings is 1. The molecule has 0 saturated carbocycles. The molecule has 1 unspecified atom stereocenters. The molecular weight excluding hydrogens is 438 g/mol. The molecule has 0 spiro atoms. The van der Waals surface area contributed by atoms with Crippen LogP contribution in [0.4, 0.5) is 0 Å². The van der Waals surface area contributed by atoms with Gasteiger partial charge in [0.15, 0.2) is 6.23 Å². The van der Waals surface area contributed by atoms with Gasteiger partial charge in [0.25, 0.3) is 0 Å². The van der Waals surface area contributed by atoms with Crippen molar-refractivity contribution in [2.75, 3.05) is 19.7 Å². The third kappa shape index (κ3) is 6.17. The number of esters is 1.